The van der Waals surface area contributed by atoms with Crippen molar-refractivity contribution >= 4 is 22.7 Å². The van der Waals surface area contributed by atoms with Crippen molar-refractivity contribution in [3.8, 4) is 0 Å². The van der Waals surface area contributed by atoms with E-state index < -0.39 is 0 Å². The standard InChI is InChI=1S/C23H32N2O3/c1-3-25(15-18-11-9-17(10-12-18)13-22(27)28-4-2)23-20(16-26)14-19-7-5-6-8-21(19)24-23/h5-8,14,17-18,26H,3-4,9-13,15-16H2,1-2H3/t17-,18-. The van der Waals surface area contributed by atoms with Crippen LogP contribution < -0.4 is 4.90 Å². The normalized spacial score (nSPS) is 19.5. The molecule has 2 aromatic rings. The van der Waals surface area contributed by atoms with Gasteiger partial charge in [0, 0.05) is 30.5 Å². The van der Waals surface area contributed by atoms with Crippen molar-refractivity contribution in [3.05, 3.63) is 35.9 Å². The summed E-state index contributed by atoms with van der Waals surface area (Å²) in [6, 6.07) is 10.1. The van der Waals surface area contributed by atoms with Crippen LogP contribution in [0.15, 0.2) is 30.3 Å². The molecular weight excluding hydrogens is 352 g/mol. The zero-order chi connectivity index (χ0) is 19.9. The molecule has 1 aliphatic rings. The molecule has 1 N–H and O–H groups in total. The number of pyridine rings is 1. The number of rotatable bonds is 8. The zero-order valence-corrected chi connectivity index (χ0v) is 17.1. The number of anilines is 1. The number of fused-ring (bicyclic) bond motifs is 1. The maximum absolute atomic E-state index is 11.7. The van der Waals surface area contributed by atoms with Gasteiger partial charge in [-0.2, -0.15) is 0 Å². The predicted octanol–water partition coefficient (Wildman–Crippen LogP) is 4.31. The van der Waals surface area contributed by atoms with E-state index in [-0.39, 0.29) is 12.6 Å². The van der Waals surface area contributed by atoms with Gasteiger partial charge < -0.3 is 14.7 Å². The van der Waals surface area contributed by atoms with Gasteiger partial charge in [-0.05, 0) is 63.5 Å². The number of ether oxygens (including phenoxy) is 1. The fourth-order valence-corrected chi connectivity index (χ4v) is 4.29. The number of aliphatic hydroxyl groups excluding tert-OH is 1. The van der Waals surface area contributed by atoms with E-state index in [2.05, 4.69) is 17.9 Å². The maximum Gasteiger partial charge on any atom is 0.306 e. The second-order valence-corrected chi connectivity index (χ2v) is 7.76. The largest absolute Gasteiger partial charge is 0.466 e. The van der Waals surface area contributed by atoms with Crippen molar-refractivity contribution in [3.63, 3.8) is 0 Å². The van der Waals surface area contributed by atoms with Crippen molar-refractivity contribution in [2.24, 2.45) is 11.8 Å². The Morgan fingerprint density at radius 3 is 2.57 bits per heavy atom. The summed E-state index contributed by atoms with van der Waals surface area (Å²) in [5.74, 6) is 1.89. The van der Waals surface area contributed by atoms with Crippen molar-refractivity contribution in [2.45, 2.75) is 52.6 Å². The van der Waals surface area contributed by atoms with Crippen LogP contribution in [0.5, 0.6) is 0 Å². The Morgan fingerprint density at radius 1 is 1.18 bits per heavy atom. The second-order valence-electron chi connectivity index (χ2n) is 7.76. The highest BCUT2D eigenvalue weighted by molar-refractivity contribution is 5.81. The highest BCUT2D eigenvalue weighted by Gasteiger charge is 2.25. The van der Waals surface area contributed by atoms with Crippen LogP contribution in [0.25, 0.3) is 10.9 Å². The number of hydrogen-bond donors (Lipinski definition) is 1. The van der Waals surface area contributed by atoms with Gasteiger partial charge in [0.05, 0.1) is 18.7 Å². The first-order valence-electron chi connectivity index (χ1n) is 10.5. The number of aliphatic hydroxyl groups is 1. The monoisotopic (exact) mass is 384 g/mol. The van der Waals surface area contributed by atoms with Crippen LogP contribution in [0.1, 0.15) is 51.5 Å². The minimum atomic E-state index is -0.0610. The van der Waals surface area contributed by atoms with Crippen LogP contribution in [-0.2, 0) is 16.1 Å². The van der Waals surface area contributed by atoms with Gasteiger partial charge in [-0.15, -0.1) is 0 Å². The van der Waals surface area contributed by atoms with E-state index in [1.165, 1.54) is 0 Å². The van der Waals surface area contributed by atoms with E-state index in [0.29, 0.717) is 24.9 Å². The molecule has 0 saturated heterocycles. The van der Waals surface area contributed by atoms with Crippen LogP contribution in [-0.4, -0.2) is 35.8 Å². The zero-order valence-electron chi connectivity index (χ0n) is 17.1. The Kier molecular flexibility index (Phi) is 7.26. The third kappa shape index (κ3) is 5.02. The van der Waals surface area contributed by atoms with Crippen LogP contribution in [0.2, 0.25) is 0 Å². The molecule has 0 radical (unpaired) electrons. The Balaban J connectivity index is 1.65. The van der Waals surface area contributed by atoms with Crippen molar-refractivity contribution in [1.29, 1.82) is 0 Å². The summed E-state index contributed by atoms with van der Waals surface area (Å²) >= 11 is 0. The smallest absolute Gasteiger partial charge is 0.306 e. The molecule has 1 aromatic carbocycles. The average molecular weight is 385 g/mol. The molecule has 3 rings (SSSR count). The summed E-state index contributed by atoms with van der Waals surface area (Å²) in [7, 11) is 0. The first-order chi connectivity index (χ1) is 13.6. The fourth-order valence-electron chi connectivity index (χ4n) is 4.29. The lowest BCUT2D eigenvalue weighted by Crippen LogP contribution is -2.33. The van der Waals surface area contributed by atoms with E-state index in [9.17, 15) is 9.90 Å². The van der Waals surface area contributed by atoms with Gasteiger partial charge in [0.1, 0.15) is 5.82 Å². The Hall–Kier alpha value is -2.14. The van der Waals surface area contributed by atoms with Crippen LogP contribution in [0.4, 0.5) is 5.82 Å². The van der Waals surface area contributed by atoms with E-state index in [4.69, 9.17) is 9.72 Å². The van der Waals surface area contributed by atoms with Gasteiger partial charge in [-0.25, -0.2) is 4.98 Å². The average Bonchev–Trinajstić information content (AvgIpc) is 2.72. The van der Waals surface area contributed by atoms with Gasteiger partial charge in [0.25, 0.3) is 0 Å². The van der Waals surface area contributed by atoms with Crippen molar-refractivity contribution in [2.75, 3.05) is 24.6 Å². The summed E-state index contributed by atoms with van der Waals surface area (Å²) in [4.78, 5) is 18.9. The predicted molar refractivity (Wildman–Crippen MR) is 112 cm³/mol. The molecular formula is C23H32N2O3. The highest BCUT2D eigenvalue weighted by Crippen LogP contribution is 2.33. The number of carbonyl (C=O) groups excluding carboxylic acids is 1. The molecule has 0 bridgehead atoms. The number of para-hydroxylation sites is 1. The molecule has 0 amide bonds. The quantitative estimate of drug-likeness (QED) is 0.687. The van der Waals surface area contributed by atoms with Gasteiger partial charge >= 0.3 is 5.97 Å². The van der Waals surface area contributed by atoms with E-state index in [0.717, 1.165) is 61.1 Å². The van der Waals surface area contributed by atoms with Crippen molar-refractivity contribution < 1.29 is 14.6 Å². The molecule has 0 aliphatic heterocycles. The SMILES string of the molecule is CCOC(=O)C[C@H]1CC[C@H](CN(CC)c2nc3ccccc3cc2CO)CC1. The third-order valence-corrected chi connectivity index (χ3v) is 5.84. The molecule has 152 valence electrons. The molecule has 1 saturated carbocycles. The number of esters is 1. The number of carbonyl (C=O) groups is 1. The molecule has 1 aliphatic carbocycles. The first-order valence-corrected chi connectivity index (χ1v) is 10.5. The molecule has 5 nitrogen and oxygen atoms in total. The number of aromatic nitrogens is 1. The number of benzene rings is 1. The second kappa shape index (κ2) is 9.87. The lowest BCUT2D eigenvalue weighted by atomic mass is 9.80. The lowest BCUT2D eigenvalue weighted by molar-refractivity contribution is -0.144. The minimum Gasteiger partial charge on any atom is -0.466 e. The molecule has 0 unspecified atom stereocenters. The van der Waals surface area contributed by atoms with Gasteiger partial charge in [0.2, 0.25) is 0 Å². The van der Waals surface area contributed by atoms with Gasteiger partial charge in [0.15, 0.2) is 0 Å². The van der Waals surface area contributed by atoms with Crippen molar-refractivity contribution in [1.82, 2.24) is 4.98 Å². The Morgan fingerprint density at radius 2 is 1.89 bits per heavy atom. The van der Waals surface area contributed by atoms with Crippen LogP contribution >= 0.6 is 0 Å². The summed E-state index contributed by atoms with van der Waals surface area (Å²) < 4.78 is 5.09. The van der Waals surface area contributed by atoms with Gasteiger partial charge in [-0.1, -0.05) is 18.2 Å². The molecule has 1 heterocycles. The summed E-state index contributed by atoms with van der Waals surface area (Å²) in [6.07, 6.45) is 4.97. The summed E-state index contributed by atoms with van der Waals surface area (Å²) in [5.41, 5.74) is 1.85. The summed E-state index contributed by atoms with van der Waals surface area (Å²) in [6.45, 7) is 6.27. The molecule has 0 spiro atoms. The summed E-state index contributed by atoms with van der Waals surface area (Å²) in [5, 5.41) is 10.9. The minimum absolute atomic E-state index is 0.00402. The fraction of sp³-hybridized carbons (Fsp3) is 0.565. The molecule has 28 heavy (non-hydrogen) atoms. The number of hydrogen-bond acceptors (Lipinski definition) is 5. The Labute approximate surface area is 167 Å². The topological polar surface area (TPSA) is 62.7 Å². The maximum atomic E-state index is 11.7. The van der Waals surface area contributed by atoms with E-state index in [1.807, 2.05) is 31.2 Å². The van der Waals surface area contributed by atoms with E-state index in [1.54, 1.807) is 0 Å². The molecule has 1 fully saturated rings. The first kappa shape index (κ1) is 20.6. The lowest BCUT2D eigenvalue weighted by Gasteiger charge is -2.33. The Bertz CT molecular complexity index is 785. The number of nitrogens with zero attached hydrogens (tertiary/aromatic N) is 2. The molecule has 5 heteroatoms. The molecule has 0 atom stereocenters. The van der Waals surface area contributed by atoms with Gasteiger partial charge in [-0.3, -0.25) is 4.79 Å². The highest BCUT2D eigenvalue weighted by atomic mass is 16.5. The molecule has 1 aromatic heterocycles. The third-order valence-electron chi connectivity index (χ3n) is 5.84. The van der Waals surface area contributed by atoms with Crippen LogP contribution in [0, 0.1) is 11.8 Å². The van der Waals surface area contributed by atoms with Crippen LogP contribution in [0.3, 0.4) is 0 Å². The van der Waals surface area contributed by atoms with E-state index >= 15 is 0 Å².